The van der Waals surface area contributed by atoms with Gasteiger partial charge in [-0.2, -0.15) is 0 Å². The van der Waals surface area contributed by atoms with Gasteiger partial charge in [0.15, 0.2) is 0 Å². The fourth-order valence-electron chi connectivity index (χ4n) is 4.58. The molecule has 2 heterocycles. The van der Waals surface area contributed by atoms with Gasteiger partial charge in [-0.05, 0) is 16.7 Å². The van der Waals surface area contributed by atoms with Gasteiger partial charge in [-0.25, -0.2) is 4.98 Å². The molecule has 1 aliphatic rings. The Morgan fingerprint density at radius 3 is 1.75 bits per heavy atom. The third-order valence-electron chi connectivity index (χ3n) is 6.42. The first kappa shape index (κ1) is 20.6. The number of aliphatic hydroxyl groups is 1. The minimum absolute atomic E-state index is 0.275. The second kappa shape index (κ2) is 8.36. The Morgan fingerprint density at radius 2 is 1.34 bits per heavy atom. The molecule has 1 saturated heterocycles. The van der Waals surface area contributed by atoms with Crippen molar-refractivity contribution in [2.45, 2.75) is 23.6 Å². The predicted molar refractivity (Wildman–Crippen MR) is 124 cm³/mol. The molecule has 0 unspecified atom stereocenters. The molecule has 0 spiro atoms. The summed E-state index contributed by atoms with van der Waals surface area (Å²) in [6, 6.07) is 31.0. The zero-order valence-corrected chi connectivity index (χ0v) is 17.8. The van der Waals surface area contributed by atoms with Crippen molar-refractivity contribution >= 4 is 0 Å². The van der Waals surface area contributed by atoms with Gasteiger partial charge in [0.05, 0.1) is 25.2 Å². The number of rotatable bonds is 7. The number of imidazole rings is 1. The second-order valence-corrected chi connectivity index (χ2v) is 8.49. The zero-order valence-electron chi connectivity index (χ0n) is 17.8. The molecule has 32 heavy (non-hydrogen) atoms. The van der Waals surface area contributed by atoms with Crippen molar-refractivity contribution < 1.29 is 9.84 Å². The molecule has 0 amide bonds. The van der Waals surface area contributed by atoms with E-state index in [0.717, 1.165) is 22.4 Å². The number of benzene rings is 3. The van der Waals surface area contributed by atoms with Crippen molar-refractivity contribution in [3.63, 3.8) is 0 Å². The summed E-state index contributed by atoms with van der Waals surface area (Å²) < 4.78 is 7.34. The number of hydrogen-bond acceptors (Lipinski definition) is 4. The minimum Gasteiger partial charge on any atom is -0.383 e. The maximum absolute atomic E-state index is 10.6. The van der Waals surface area contributed by atoms with E-state index in [1.807, 2.05) is 24.5 Å². The lowest BCUT2D eigenvalue weighted by Gasteiger charge is -2.40. The summed E-state index contributed by atoms with van der Waals surface area (Å²) in [7, 11) is 0. The normalized spacial score (nSPS) is 16.3. The quantitative estimate of drug-likeness (QED) is 0.446. The van der Waals surface area contributed by atoms with Crippen LogP contribution in [0.1, 0.15) is 22.4 Å². The highest BCUT2D eigenvalue weighted by atomic mass is 16.5. The van der Waals surface area contributed by atoms with E-state index in [9.17, 15) is 5.11 Å². The maximum atomic E-state index is 10.6. The van der Waals surface area contributed by atoms with Crippen molar-refractivity contribution in [2.75, 3.05) is 13.2 Å². The fourth-order valence-corrected chi connectivity index (χ4v) is 4.58. The van der Waals surface area contributed by atoms with E-state index in [2.05, 4.69) is 83.6 Å². The van der Waals surface area contributed by atoms with Crippen molar-refractivity contribution in [1.29, 1.82) is 0 Å². The zero-order chi connectivity index (χ0) is 22.0. The summed E-state index contributed by atoms with van der Waals surface area (Å²) in [4.78, 5) is 4.70. The van der Waals surface area contributed by atoms with Crippen LogP contribution < -0.4 is 5.73 Å². The van der Waals surface area contributed by atoms with Gasteiger partial charge in [0.25, 0.3) is 0 Å². The minimum atomic E-state index is -0.973. The molecule has 1 aromatic heterocycles. The molecule has 0 bridgehead atoms. The third-order valence-corrected chi connectivity index (χ3v) is 6.42. The Morgan fingerprint density at radius 1 is 0.875 bits per heavy atom. The number of aromatic nitrogens is 2. The smallest absolute Gasteiger partial charge is 0.126 e. The van der Waals surface area contributed by atoms with Crippen molar-refractivity contribution in [3.8, 4) is 0 Å². The van der Waals surface area contributed by atoms with E-state index >= 15 is 0 Å². The van der Waals surface area contributed by atoms with Gasteiger partial charge in [-0.15, -0.1) is 0 Å². The molecule has 162 valence electrons. The highest BCUT2D eigenvalue weighted by molar-refractivity contribution is 5.50. The Bertz CT molecular complexity index is 1060. The number of hydrogen-bond donors (Lipinski definition) is 2. The first-order valence-corrected chi connectivity index (χ1v) is 10.9. The van der Waals surface area contributed by atoms with Gasteiger partial charge in [0.1, 0.15) is 11.1 Å². The van der Waals surface area contributed by atoms with E-state index in [1.165, 1.54) is 0 Å². The maximum Gasteiger partial charge on any atom is 0.126 e. The Kier molecular flexibility index (Phi) is 5.39. The number of nitrogens with two attached hydrogens (primary N) is 1. The molecule has 1 fully saturated rings. The summed E-state index contributed by atoms with van der Waals surface area (Å²) in [5, 5.41) is 10.6. The molecular weight excluding hydrogens is 398 g/mol. The lowest BCUT2D eigenvalue weighted by molar-refractivity contribution is -0.189. The molecule has 5 rings (SSSR count). The van der Waals surface area contributed by atoms with Gasteiger partial charge in [0.2, 0.25) is 0 Å². The average molecular weight is 426 g/mol. The molecule has 1 aliphatic heterocycles. The van der Waals surface area contributed by atoms with Crippen LogP contribution in [0.3, 0.4) is 0 Å². The monoisotopic (exact) mass is 425 g/mol. The van der Waals surface area contributed by atoms with Crippen LogP contribution in [-0.4, -0.2) is 39.5 Å². The molecule has 0 radical (unpaired) electrons. The molecule has 5 heteroatoms. The summed E-state index contributed by atoms with van der Waals surface area (Å²) in [6.45, 7) is 0.549. The third kappa shape index (κ3) is 3.45. The van der Waals surface area contributed by atoms with Crippen LogP contribution >= 0.6 is 0 Å². The fraction of sp³-hybridized carbons (Fsp3) is 0.222. The van der Waals surface area contributed by atoms with Crippen LogP contribution in [0.25, 0.3) is 0 Å². The van der Waals surface area contributed by atoms with E-state index in [1.54, 1.807) is 0 Å². The molecule has 3 N–H and O–H groups in total. The van der Waals surface area contributed by atoms with Gasteiger partial charge in [-0.1, -0.05) is 91.0 Å². The average Bonchev–Trinajstić information content (AvgIpc) is 3.28. The van der Waals surface area contributed by atoms with Crippen molar-refractivity contribution in [3.05, 3.63) is 126 Å². The van der Waals surface area contributed by atoms with E-state index in [-0.39, 0.29) is 13.2 Å². The SMILES string of the molecule is N[C@H](Cc1cn(C(c2ccccc2)(c2ccccc2)c2ccccc2)cn1)C1(O)COC1. The topological polar surface area (TPSA) is 73.3 Å². The summed E-state index contributed by atoms with van der Waals surface area (Å²) >= 11 is 0. The predicted octanol–water partition coefficient (Wildman–Crippen LogP) is 3.35. The van der Waals surface area contributed by atoms with Gasteiger partial charge in [-0.3, -0.25) is 0 Å². The Labute approximate surface area is 188 Å². The van der Waals surface area contributed by atoms with E-state index in [4.69, 9.17) is 15.5 Å². The van der Waals surface area contributed by atoms with Crippen LogP contribution in [0.4, 0.5) is 0 Å². The molecule has 0 saturated carbocycles. The van der Waals surface area contributed by atoms with Crippen LogP contribution in [0.15, 0.2) is 104 Å². The molecule has 3 aromatic carbocycles. The Balaban J connectivity index is 1.66. The van der Waals surface area contributed by atoms with Gasteiger partial charge >= 0.3 is 0 Å². The first-order chi connectivity index (χ1) is 15.6. The highest BCUT2D eigenvalue weighted by Gasteiger charge is 2.43. The molecule has 0 aliphatic carbocycles. The highest BCUT2D eigenvalue weighted by Crippen LogP contribution is 2.40. The van der Waals surface area contributed by atoms with Gasteiger partial charge in [0, 0.05) is 18.7 Å². The van der Waals surface area contributed by atoms with Crippen LogP contribution in [0, 0.1) is 0 Å². The summed E-state index contributed by atoms with van der Waals surface area (Å²) in [5.41, 5.74) is 8.99. The van der Waals surface area contributed by atoms with E-state index in [0.29, 0.717) is 6.42 Å². The molecule has 5 nitrogen and oxygen atoms in total. The van der Waals surface area contributed by atoms with E-state index < -0.39 is 17.2 Å². The van der Waals surface area contributed by atoms with Crippen molar-refractivity contribution in [1.82, 2.24) is 9.55 Å². The van der Waals surface area contributed by atoms with Crippen LogP contribution in [0.2, 0.25) is 0 Å². The molecule has 4 aromatic rings. The second-order valence-electron chi connectivity index (χ2n) is 8.49. The Hall–Kier alpha value is -3.25. The van der Waals surface area contributed by atoms with Crippen LogP contribution in [0.5, 0.6) is 0 Å². The van der Waals surface area contributed by atoms with Crippen LogP contribution in [-0.2, 0) is 16.7 Å². The van der Waals surface area contributed by atoms with Crippen molar-refractivity contribution in [2.24, 2.45) is 5.73 Å². The molecule has 1 atom stereocenters. The number of nitrogens with zero attached hydrogens (tertiary/aromatic N) is 2. The number of ether oxygens (including phenoxy) is 1. The largest absolute Gasteiger partial charge is 0.383 e. The van der Waals surface area contributed by atoms with Gasteiger partial charge < -0.3 is 20.1 Å². The lowest BCUT2D eigenvalue weighted by Crippen LogP contribution is -2.62. The molecular formula is C27H27N3O2. The lowest BCUT2D eigenvalue weighted by atomic mass is 9.76. The summed E-state index contributed by atoms with van der Waals surface area (Å²) in [5.74, 6) is 0. The summed E-state index contributed by atoms with van der Waals surface area (Å²) in [6.07, 6.45) is 4.40. The first-order valence-electron chi connectivity index (χ1n) is 10.9. The standard InChI is InChI=1S/C27H27N3O2/c28-25(26(31)18-32-19-26)16-24-17-30(20-29-24)27(21-10-4-1-5-11-21,22-12-6-2-7-13-22)23-14-8-3-9-15-23/h1-15,17,20,25,31H,16,18-19,28H2/t25-/m1/s1.